The summed E-state index contributed by atoms with van der Waals surface area (Å²) in [7, 11) is 0. The van der Waals surface area contributed by atoms with Crippen LogP contribution in [0.2, 0.25) is 0 Å². The number of imidazole rings is 2. The van der Waals surface area contributed by atoms with Crippen LogP contribution in [0, 0.1) is 27.7 Å². The van der Waals surface area contributed by atoms with Crippen LogP contribution in [0.4, 0.5) is 0 Å². The lowest BCUT2D eigenvalue weighted by Gasteiger charge is -2.24. The molecule has 4 aromatic rings. The van der Waals surface area contributed by atoms with Crippen LogP contribution in [0.5, 0.6) is 0 Å². The van der Waals surface area contributed by atoms with Gasteiger partial charge >= 0.3 is 0 Å². The Bertz CT molecular complexity index is 1060. The molecule has 0 saturated carbocycles. The predicted molar refractivity (Wildman–Crippen MR) is 113 cm³/mol. The van der Waals surface area contributed by atoms with Crippen molar-refractivity contribution in [3.63, 3.8) is 0 Å². The van der Waals surface area contributed by atoms with E-state index < -0.39 is 24.4 Å². The molecule has 0 spiro atoms. The third kappa shape index (κ3) is 3.48. The summed E-state index contributed by atoms with van der Waals surface area (Å²) in [5, 5.41) is 42.1. The normalized spacial score (nSPS) is 16.1. The van der Waals surface area contributed by atoms with Crippen molar-refractivity contribution >= 4 is 22.1 Å². The highest BCUT2D eigenvalue weighted by Crippen LogP contribution is 2.28. The minimum atomic E-state index is -1.68. The number of aryl methyl sites for hydroxylation is 4. The topological polar surface area (TPSA) is 138 Å². The van der Waals surface area contributed by atoms with Gasteiger partial charge in [-0.3, -0.25) is 0 Å². The van der Waals surface area contributed by atoms with Gasteiger partial charge in [0.1, 0.15) is 36.1 Å². The third-order valence-electron chi connectivity index (χ3n) is 5.79. The molecule has 0 aliphatic carbocycles. The Labute approximate surface area is 173 Å². The van der Waals surface area contributed by atoms with Gasteiger partial charge in [0.2, 0.25) is 0 Å². The van der Waals surface area contributed by atoms with Crippen LogP contribution in [0.25, 0.3) is 22.1 Å². The standard InChI is InChI=1S/C22H26N4O4/c1-9-5-13-14(6-10(9)2)24-21(23-13)19(29)17(27)18(28)20(30)22-25-15-7-11(3)12(4)8-16(15)26-22/h5-8,17-20,27-30H,1-4H3,(H,23,24)(H,25,26). The van der Waals surface area contributed by atoms with E-state index in [9.17, 15) is 20.4 Å². The first-order valence-electron chi connectivity index (χ1n) is 9.81. The van der Waals surface area contributed by atoms with Gasteiger partial charge in [0.05, 0.1) is 22.1 Å². The number of hydrogen-bond donors (Lipinski definition) is 6. The Balaban J connectivity index is 1.58. The summed E-state index contributed by atoms with van der Waals surface area (Å²) in [6, 6.07) is 7.58. The SMILES string of the molecule is Cc1cc2nc(C(O)C(O)C(O)C(O)c3nc4cc(C)c(C)cc4[nH]3)[nH]c2cc1C. The van der Waals surface area contributed by atoms with Crippen molar-refractivity contribution in [2.75, 3.05) is 0 Å². The second-order valence-electron chi connectivity index (χ2n) is 8.02. The fourth-order valence-corrected chi connectivity index (χ4v) is 3.56. The molecule has 0 bridgehead atoms. The van der Waals surface area contributed by atoms with E-state index in [-0.39, 0.29) is 11.6 Å². The van der Waals surface area contributed by atoms with Gasteiger partial charge in [-0.25, -0.2) is 9.97 Å². The summed E-state index contributed by atoms with van der Waals surface area (Å²) < 4.78 is 0. The van der Waals surface area contributed by atoms with Gasteiger partial charge in [-0.05, 0) is 74.2 Å². The molecule has 158 valence electrons. The first-order valence-corrected chi connectivity index (χ1v) is 9.81. The minimum absolute atomic E-state index is 0.115. The van der Waals surface area contributed by atoms with Crippen molar-refractivity contribution in [1.82, 2.24) is 19.9 Å². The van der Waals surface area contributed by atoms with Crippen molar-refractivity contribution in [3.8, 4) is 0 Å². The Hall–Kier alpha value is -2.78. The molecule has 2 aromatic carbocycles. The van der Waals surface area contributed by atoms with E-state index in [4.69, 9.17) is 0 Å². The summed E-state index contributed by atoms with van der Waals surface area (Å²) in [5.41, 5.74) is 6.99. The second-order valence-corrected chi connectivity index (χ2v) is 8.02. The number of nitrogens with one attached hydrogen (secondary N) is 2. The highest BCUT2D eigenvalue weighted by Gasteiger charge is 2.35. The Morgan fingerprint density at radius 1 is 0.600 bits per heavy atom. The molecular weight excluding hydrogens is 384 g/mol. The number of hydrogen-bond acceptors (Lipinski definition) is 6. The summed E-state index contributed by atoms with van der Waals surface area (Å²) >= 11 is 0. The highest BCUT2D eigenvalue weighted by molar-refractivity contribution is 5.78. The van der Waals surface area contributed by atoms with Crippen LogP contribution in [-0.2, 0) is 0 Å². The fourth-order valence-electron chi connectivity index (χ4n) is 3.56. The largest absolute Gasteiger partial charge is 0.387 e. The van der Waals surface area contributed by atoms with E-state index >= 15 is 0 Å². The number of aromatic nitrogens is 4. The molecule has 0 aliphatic heterocycles. The van der Waals surface area contributed by atoms with Gasteiger partial charge in [0.25, 0.3) is 0 Å². The molecule has 4 atom stereocenters. The number of benzene rings is 2. The van der Waals surface area contributed by atoms with Crippen LogP contribution < -0.4 is 0 Å². The molecule has 0 radical (unpaired) electrons. The monoisotopic (exact) mass is 410 g/mol. The highest BCUT2D eigenvalue weighted by atomic mass is 16.4. The average Bonchev–Trinajstić information content (AvgIpc) is 3.30. The number of aromatic amines is 2. The van der Waals surface area contributed by atoms with Crippen LogP contribution in [0.3, 0.4) is 0 Å². The number of aliphatic hydroxyl groups excluding tert-OH is 4. The molecular formula is C22H26N4O4. The lowest BCUT2D eigenvalue weighted by atomic mass is 10.0. The van der Waals surface area contributed by atoms with Gasteiger partial charge in [-0.15, -0.1) is 0 Å². The summed E-state index contributed by atoms with van der Waals surface area (Å²) in [4.78, 5) is 14.6. The van der Waals surface area contributed by atoms with Crippen molar-refractivity contribution < 1.29 is 20.4 Å². The molecule has 4 unspecified atom stereocenters. The molecule has 30 heavy (non-hydrogen) atoms. The van der Waals surface area contributed by atoms with Crippen LogP contribution in [0.15, 0.2) is 24.3 Å². The predicted octanol–water partition coefficient (Wildman–Crippen LogP) is 2.16. The number of fused-ring (bicyclic) bond motifs is 2. The maximum absolute atomic E-state index is 10.6. The van der Waals surface area contributed by atoms with Gasteiger partial charge in [0.15, 0.2) is 0 Å². The first kappa shape index (κ1) is 20.5. The number of H-pyrrole nitrogens is 2. The molecule has 0 amide bonds. The van der Waals surface area contributed by atoms with E-state index in [0.717, 1.165) is 33.3 Å². The number of nitrogens with zero attached hydrogens (tertiary/aromatic N) is 2. The fraction of sp³-hybridized carbons (Fsp3) is 0.364. The lowest BCUT2D eigenvalue weighted by molar-refractivity contribution is -0.111. The summed E-state index contributed by atoms with van der Waals surface area (Å²) in [6.45, 7) is 7.86. The van der Waals surface area contributed by atoms with Crippen LogP contribution in [-0.4, -0.2) is 52.6 Å². The van der Waals surface area contributed by atoms with E-state index in [0.29, 0.717) is 11.0 Å². The smallest absolute Gasteiger partial charge is 0.140 e. The summed E-state index contributed by atoms with van der Waals surface area (Å²) in [6.07, 6.45) is -6.40. The van der Waals surface area contributed by atoms with E-state index in [1.165, 1.54) is 0 Å². The van der Waals surface area contributed by atoms with Crippen molar-refractivity contribution in [2.24, 2.45) is 0 Å². The molecule has 4 rings (SSSR count). The minimum Gasteiger partial charge on any atom is -0.387 e. The zero-order valence-electron chi connectivity index (χ0n) is 17.3. The Kier molecular flexibility index (Phi) is 5.11. The molecule has 2 heterocycles. The molecule has 2 aromatic heterocycles. The maximum Gasteiger partial charge on any atom is 0.140 e. The van der Waals surface area contributed by atoms with E-state index in [2.05, 4.69) is 19.9 Å². The average molecular weight is 410 g/mol. The van der Waals surface area contributed by atoms with Gasteiger partial charge in [0, 0.05) is 0 Å². The lowest BCUT2D eigenvalue weighted by Crippen LogP contribution is -2.37. The zero-order valence-corrected chi connectivity index (χ0v) is 17.3. The molecule has 6 N–H and O–H groups in total. The third-order valence-corrected chi connectivity index (χ3v) is 5.79. The molecule has 0 saturated heterocycles. The van der Waals surface area contributed by atoms with E-state index in [1.807, 2.05) is 52.0 Å². The second kappa shape index (κ2) is 7.48. The molecule has 8 nitrogen and oxygen atoms in total. The van der Waals surface area contributed by atoms with E-state index in [1.54, 1.807) is 0 Å². The zero-order chi connectivity index (χ0) is 21.7. The first-order chi connectivity index (χ1) is 14.2. The Morgan fingerprint density at radius 2 is 0.933 bits per heavy atom. The maximum atomic E-state index is 10.6. The van der Waals surface area contributed by atoms with Crippen LogP contribution >= 0.6 is 0 Å². The molecule has 8 heteroatoms. The Morgan fingerprint density at radius 3 is 1.30 bits per heavy atom. The van der Waals surface area contributed by atoms with Crippen molar-refractivity contribution in [3.05, 3.63) is 58.2 Å². The summed E-state index contributed by atoms with van der Waals surface area (Å²) in [5.74, 6) is 0.231. The quantitative estimate of drug-likeness (QED) is 0.298. The number of aliphatic hydroxyl groups is 4. The molecule has 0 fully saturated rings. The number of rotatable bonds is 5. The van der Waals surface area contributed by atoms with Gasteiger partial charge in [-0.2, -0.15) is 0 Å². The van der Waals surface area contributed by atoms with Gasteiger partial charge in [-0.1, -0.05) is 0 Å². The van der Waals surface area contributed by atoms with Crippen LogP contribution in [0.1, 0.15) is 46.1 Å². The molecule has 0 aliphatic rings. The van der Waals surface area contributed by atoms with Crippen molar-refractivity contribution in [1.29, 1.82) is 0 Å². The van der Waals surface area contributed by atoms with Crippen molar-refractivity contribution in [2.45, 2.75) is 52.1 Å². The van der Waals surface area contributed by atoms with Gasteiger partial charge < -0.3 is 30.4 Å².